The molecule has 0 saturated heterocycles. The van der Waals surface area contributed by atoms with E-state index in [4.69, 9.17) is 13.3 Å². The maximum absolute atomic E-state index is 10.8. The second-order valence-corrected chi connectivity index (χ2v) is 4.82. The fourth-order valence-electron chi connectivity index (χ4n) is 0.789. The molecule has 0 aliphatic heterocycles. The molecule has 0 aromatic rings. The van der Waals surface area contributed by atoms with Crippen molar-refractivity contribution in [1.82, 2.24) is 0 Å². The third-order valence-electron chi connectivity index (χ3n) is 1.11. The van der Waals surface area contributed by atoms with E-state index in [2.05, 4.69) is 6.58 Å². The smallest absolute Gasteiger partial charge is 0.452 e. The average molecular weight is 264 g/mol. The minimum absolute atomic E-state index is 0. The van der Waals surface area contributed by atoms with Crippen LogP contribution in [-0.4, -0.2) is 37.7 Å². The first-order chi connectivity index (χ1) is 6.81. The SMILES string of the molecule is C=C[Si](OC(C)=O)(OC(C)=O)OC(C)=O.[SiH4]. The van der Waals surface area contributed by atoms with Crippen molar-refractivity contribution < 1.29 is 27.7 Å². The molecule has 0 aromatic carbocycles. The van der Waals surface area contributed by atoms with E-state index in [1.165, 1.54) is 0 Å². The average Bonchev–Trinajstić information content (AvgIpc) is 1.99. The van der Waals surface area contributed by atoms with E-state index in [1.807, 2.05) is 0 Å². The van der Waals surface area contributed by atoms with Crippen molar-refractivity contribution in [2.45, 2.75) is 20.8 Å². The molecule has 0 spiro atoms. The van der Waals surface area contributed by atoms with Gasteiger partial charge in [0, 0.05) is 26.5 Å². The minimum Gasteiger partial charge on any atom is -0.452 e. The Bertz CT molecular complexity index is 260. The molecule has 6 nitrogen and oxygen atoms in total. The zero-order valence-corrected chi connectivity index (χ0v) is 9.73. The summed E-state index contributed by atoms with van der Waals surface area (Å²) in [6.45, 7) is 6.65. The second kappa shape index (κ2) is 6.96. The van der Waals surface area contributed by atoms with Gasteiger partial charge in [0.15, 0.2) is 0 Å². The van der Waals surface area contributed by atoms with Crippen LogP contribution in [0.5, 0.6) is 0 Å². The van der Waals surface area contributed by atoms with Crippen molar-refractivity contribution in [1.29, 1.82) is 0 Å². The topological polar surface area (TPSA) is 78.9 Å². The first kappa shape index (κ1) is 17.0. The first-order valence-electron chi connectivity index (χ1n) is 4.03. The lowest BCUT2D eigenvalue weighted by atomic mass is 10.9. The highest BCUT2D eigenvalue weighted by atomic mass is 28.4. The van der Waals surface area contributed by atoms with Crippen LogP contribution in [0.3, 0.4) is 0 Å². The van der Waals surface area contributed by atoms with Gasteiger partial charge in [0.1, 0.15) is 0 Å². The van der Waals surface area contributed by atoms with Gasteiger partial charge in [-0.25, -0.2) is 0 Å². The minimum atomic E-state index is -3.74. The van der Waals surface area contributed by atoms with Crippen LogP contribution in [0.15, 0.2) is 12.3 Å². The lowest BCUT2D eigenvalue weighted by Crippen LogP contribution is -2.47. The predicted octanol–water partition coefficient (Wildman–Crippen LogP) is -1.11. The molecule has 0 saturated carbocycles. The number of carbonyl (C=O) groups excluding carboxylic acids is 3. The molecule has 0 aliphatic carbocycles. The van der Waals surface area contributed by atoms with Crippen LogP contribution in [0.1, 0.15) is 20.8 Å². The molecule has 0 heterocycles. The van der Waals surface area contributed by atoms with Crippen molar-refractivity contribution in [2.75, 3.05) is 0 Å². The Labute approximate surface area is 99.0 Å². The highest BCUT2D eigenvalue weighted by Crippen LogP contribution is 2.12. The van der Waals surface area contributed by atoms with Gasteiger partial charge in [-0.15, -0.1) is 0 Å². The van der Waals surface area contributed by atoms with Crippen molar-refractivity contribution in [3.63, 3.8) is 0 Å². The molecule has 0 radical (unpaired) electrons. The van der Waals surface area contributed by atoms with E-state index < -0.39 is 26.7 Å². The maximum atomic E-state index is 10.8. The summed E-state index contributed by atoms with van der Waals surface area (Å²) in [5, 5.41) is 0. The Balaban J connectivity index is 0. The quantitative estimate of drug-likeness (QED) is 0.599. The fourth-order valence-corrected chi connectivity index (χ4v) is 2.37. The second-order valence-electron chi connectivity index (χ2n) is 2.59. The Hall–Kier alpha value is -1.42. The van der Waals surface area contributed by atoms with Gasteiger partial charge >= 0.3 is 8.80 Å². The van der Waals surface area contributed by atoms with Gasteiger partial charge in [-0.05, 0) is 11.0 Å². The fraction of sp³-hybridized carbons (Fsp3) is 0.375. The largest absolute Gasteiger partial charge is 0.734 e. The third kappa shape index (κ3) is 6.14. The lowest BCUT2D eigenvalue weighted by molar-refractivity contribution is -0.146. The number of hydrogen-bond acceptors (Lipinski definition) is 6. The normalized spacial score (nSPS) is 9.44. The Morgan fingerprint density at radius 1 is 0.938 bits per heavy atom. The zero-order chi connectivity index (χ0) is 12.1. The van der Waals surface area contributed by atoms with Crippen LogP contribution in [0.25, 0.3) is 0 Å². The van der Waals surface area contributed by atoms with E-state index in [-0.39, 0.29) is 11.0 Å². The molecule has 0 unspecified atom stereocenters. The molecule has 8 heteroatoms. The molecule has 0 rings (SSSR count). The molecule has 0 aliphatic rings. The standard InChI is InChI=1S/C8H12O6Si.H4Si/c1-5-15(12-6(2)9,13-7(3)10)14-8(4)11;/h5H,1H2,2-4H3;1H4. The summed E-state index contributed by atoms with van der Waals surface area (Å²) in [6, 6.07) is 0. The first-order valence-corrected chi connectivity index (χ1v) is 5.84. The summed E-state index contributed by atoms with van der Waals surface area (Å²) in [4.78, 5) is 32.3. The summed E-state index contributed by atoms with van der Waals surface area (Å²) in [6.07, 6.45) is 0. The van der Waals surface area contributed by atoms with Crippen LogP contribution < -0.4 is 0 Å². The molecular weight excluding hydrogens is 248 g/mol. The van der Waals surface area contributed by atoms with Crippen LogP contribution >= 0.6 is 0 Å². The van der Waals surface area contributed by atoms with Crippen LogP contribution in [-0.2, 0) is 27.7 Å². The molecule has 0 N–H and O–H groups in total. The van der Waals surface area contributed by atoms with E-state index >= 15 is 0 Å². The molecule has 16 heavy (non-hydrogen) atoms. The summed E-state index contributed by atoms with van der Waals surface area (Å²) < 4.78 is 14.1. The van der Waals surface area contributed by atoms with Crippen LogP contribution in [0, 0.1) is 0 Å². The summed E-state index contributed by atoms with van der Waals surface area (Å²) >= 11 is 0. The monoisotopic (exact) mass is 264 g/mol. The zero-order valence-electron chi connectivity index (χ0n) is 8.73. The molecular formula is C8H16O6Si2. The number of rotatable bonds is 4. The maximum Gasteiger partial charge on any atom is 0.734 e. The van der Waals surface area contributed by atoms with Crippen LogP contribution in [0.2, 0.25) is 0 Å². The summed E-state index contributed by atoms with van der Waals surface area (Å²) in [5.74, 6) is -2.16. The molecule has 0 atom stereocenters. The van der Waals surface area contributed by atoms with E-state index in [0.29, 0.717) is 0 Å². The van der Waals surface area contributed by atoms with Crippen molar-refractivity contribution >= 4 is 37.7 Å². The van der Waals surface area contributed by atoms with E-state index in [0.717, 1.165) is 26.5 Å². The molecule has 92 valence electrons. The Kier molecular flexibility index (Phi) is 7.39. The molecule has 0 bridgehead atoms. The molecule has 0 aromatic heterocycles. The third-order valence-corrected chi connectivity index (χ3v) is 3.32. The summed E-state index contributed by atoms with van der Waals surface area (Å²) in [7, 11) is -3.74. The van der Waals surface area contributed by atoms with Crippen molar-refractivity contribution in [3.05, 3.63) is 12.3 Å². The van der Waals surface area contributed by atoms with Gasteiger partial charge in [0.05, 0.1) is 0 Å². The number of hydrogen-bond donors (Lipinski definition) is 0. The highest BCUT2D eigenvalue weighted by Gasteiger charge is 2.48. The van der Waals surface area contributed by atoms with Crippen LogP contribution in [0.4, 0.5) is 0 Å². The van der Waals surface area contributed by atoms with Crippen molar-refractivity contribution in [3.8, 4) is 0 Å². The predicted molar refractivity (Wildman–Crippen MR) is 62.6 cm³/mol. The van der Waals surface area contributed by atoms with Gasteiger partial charge in [0.25, 0.3) is 17.9 Å². The molecule has 0 fully saturated rings. The highest BCUT2D eigenvalue weighted by molar-refractivity contribution is 6.70. The van der Waals surface area contributed by atoms with Gasteiger partial charge in [-0.2, -0.15) is 0 Å². The number of carbonyl (C=O) groups is 3. The Morgan fingerprint density at radius 2 is 1.19 bits per heavy atom. The lowest BCUT2D eigenvalue weighted by Gasteiger charge is -2.22. The van der Waals surface area contributed by atoms with Gasteiger partial charge in [0.2, 0.25) is 0 Å². The molecule has 0 amide bonds. The van der Waals surface area contributed by atoms with E-state index in [9.17, 15) is 14.4 Å². The van der Waals surface area contributed by atoms with Crippen molar-refractivity contribution in [2.24, 2.45) is 0 Å². The summed E-state index contributed by atoms with van der Waals surface area (Å²) in [5.41, 5.74) is 1.04. The van der Waals surface area contributed by atoms with Gasteiger partial charge < -0.3 is 13.3 Å². The Morgan fingerprint density at radius 3 is 1.31 bits per heavy atom. The van der Waals surface area contributed by atoms with E-state index in [1.54, 1.807) is 0 Å². The van der Waals surface area contributed by atoms with Gasteiger partial charge in [-0.1, -0.05) is 6.58 Å². The van der Waals surface area contributed by atoms with Gasteiger partial charge in [-0.3, -0.25) is 14.4 Å².